The van der Waals surface area contributed by atoms with E-state index in [1.54, 1.807) is 12.1 Å². The Hall–Kier alpha value is -1.40. The lowest BCUT2D eigenvalue weighted by atomic mass is 10.1. The van der Waals surface area contributed by atoms with Gasteiger partial charge in [-0.2, -0.15) is 4.72 Å². The highest BCUT2D eigenvalue weighted by molar-refractivity contribution is 7.89. The zero-order valence-corrected chi connectivity index (χ0v) is 12.6. The van der Waals surface area contributed by atoms with E-state index in [2.05, 4.69) is 4.72 Å². The van der Waals surface area contributed by atoms with Crippen LogP contribution in [-0.4, -0.2) is 25.5 Å². The van der Waals surface area contributed by atoms with Crippen molar-refractivity contribution in [1.82, 2.24) is 4.72 Å². The lowest BCUT2D eigenvalue weighted by Gasteiger charge is -2.14. The van der Waals surface area contributed by atoms with Gasteiger partial charge in [0.25, 0.3) is 0 Å². The molecule has 0 heterocycles. The minimum atomic E-state index is -3.79. The van der Waals surface area contributed by atoms with Crippen molar-refractivity contribution in [3.63, 3.8) is 0 Å². The minimum absolute atomic E-state index is 0.0878. The summed E-state index contributed by atoms with van der Waals surface area (Å²) < 4.78 is 26.5. The number of aliphatic carboxylic acids is 1. The highest BCUT2D eigenvalue weighted by Gasteiger charge is 2.24. The molecule has 0 aliphatic rings. The fraction of sp³-hybridized carbons (Fsp3) is 0.500. The molecule has 2 N–H and O–H groups in total. The van der Waals surface area contributed by atoms with Crippen LogP contribution in [0.1, 0.15) is 38.2 Å². The molecule has 0 fully saturated rings. The summed E-state index contributed by atoms with van der Waals surface area (Å²) in [5.41, 5.74) is 0.946. The molecule has 1 rings (SSSR count). The molecule has 1 aromatic rings. The van der Waals surface area contributed by atoms with E-state index < -0.39 is 22.0 Å². The quantitative estimate of drug-likeness (QED) is 0.721. The van der Waals surface area contributed by atoms with Gasteiger partial charge >= 0.3 is 5.97 Å². The van der Waals surface area contributed by atoms with Gasteiger partial charge in [0.1, 0.15) is 6.04 Å². The fourth-order valence-electron chi connectivity index (χ4n) is 1.80. The molecule has 20 heavy (non-hydrogen) atoms. The first kappa shape index (κ1) is 16.7. The molecule has 0 bridgehead atoms. The molecular weight excluding hydrogens is 278 g/mol. The third-order valence-corrected chi connectivity index (χ3v) is 4.51. The second kappa shape index (κ2) is 7.40. The van der Waals surface area contributed by atoms with E-state index in [9.17, 15) is 13.2 Å². The first-order chi connectivity index (χ1) is 9.36. The van der Waals surface area contributed by atoms with Gasteiger partial charge in [-0.15, -0.1) is 0 Å². The molecule has 1 atom stereocenters. The number of sulfonamides is 1. The Labute approximate surface area is 120 Å². The normalized spacial score (nSPS) is 13.1. The van der Waals surface area contributed by atoms with Crippen LogP contribution < -0.4 is 4.72 Å². The molecule has 0 saturated carbocycles. The number of carbonyl (C=O) groups is 1. The highest BCUT2D eigenvalue weighted by atomic mass is 32.2. The number of nitrogens with one attached hydrogen (secondary N) is 1. The van der Waals surface area contributed by atoms with Crippen molar-refractivity contribution in [1.29, 1.82) is 0 Å². The molecule has 0 saturated heterocycles. The molecule has 0 spiro atoms. The van der Waals surface area contributed by atoms with E-state index in [4.69, 9.17) is 5.11 Å². The zero-order chi connectivity index (χ0) is 15.2. The van der Waals surface area contributed by atoms with Gasteiger partial charge in [-0.25, -0.2) is 8.42 Å². The molecule has 6 heteroatoms. The van der Waals surface area contributed by atoms with Crippen molar-refractivity contribution in [2.75, 3.05) is 0 Å². The molecule has 0 unspecified atom stereocenters. The SMILES string of the molecule is CCCCC[C@H](NS(=O)(=O)c1ccc(C)cc1)C(=O)O. The van der Waals surface area contributed by atoms with Crippen molar-refractivity contribution < 1.29 is 18.3 Å². The Morgan fingerprint density at radius 3 is 2.35 bits per heavy atom. The van der Waals surface area contributed by atoms with Gasteiger partial charge in [0, 0.05) is 0 Å². The standard InChI is InChI=1S/C14H21NO4S/c1-3-4-5-6-13(14(16)17)15-20(18,19)12-9-7-11(2)8-10-12/h7-10,13,15H,3-6H2,1-2H3,(H,16,17)/t13-/m0/s1. The number of carboxylic acids is 1. The molecular formula is C14H21NO4S. The molecule has 1 aromatic carbocycles. The summed E-state index contributed by atoms with van der Waals surface area (Å²) in [6, 6.07) is 5.24. The number of aryl methyl sites for hydroxylation is 1. The van der Waals surface area contributed by atoms with Gasteiger partial charge in [-0.05, 0) is 25.5 Å². The van der Waals surface area contributed by atoms with Crippen LogP contribution >= 0.6 is 0 Å². The Kier molecular flexibility index (Phi) is 6.16. The smallest absolute Gasteiger partial charge is 0.321 e. The summed E-state index contributed by atoms with van der Waals surface area (Å²) in [6.07, 6.45) is 2.82. The number of hydrogen-bond donors (Lipinski definition) is 2. The van der Waals surface area contributed by atoms with E-state index in [0.29, 0.717) is 12.8 Å². The molecule has 0 radical (unpaired) electrons. The topological polar surface area (TPSA) is 83.5 Å². The van der Waals surface area contributed by atoms with E-state index in [1.807, 2.05) is 13.8 Å². The molecule has 0 aliphatic heterocycles. The van der Waals surface area contributed by atoms with Crippen LogP contribution in [-0.2, 0) is 14.8 Å². The molecule has 5 nitrogen and oxygen atoms in total. The Morgan fingerprint density at radius 2 is 1.85 bits per heavy atom. The second-order valence-corrected chi connectivity index (χ2v) is 6.53. The Balaban J connectivity index is 2.80. The lowest BCUT2D eigenvalue weighted by molar-refractivity contribution is -0.139. The van der Waals surface area contributed by atoms with Crippen LogP contribution in [0.5, 0.6) is 0 Å². The third kappa shape index (κ3) is 4.94. The van der Waals surface area contributed by atoms with E-state index >= 15 is 0 Å². The Morgan fingerprint density at radius 1 is 1.25 bits per heavy atom. The highest BCUT2D eigenvalue weighted by Crippen LogP contribution is 2.12. The first-order valence-corrected chi connectivity index (χ1v) is 8.17. The van der Waals surface area contributed by atoms with Gasteiger partial charge in [0.05, 0.1) is 4.90 Å². The van der Waals surface area contributed by atoms with E-state index in [-0.39, 0.29) is 4.90 Å². The fourth-order valence-corrected chi connectivity index (χ4v) is 3.03. The summed E-state index contributed by atoms with van der Waals surface area (Å²) in [5.74, 6) is -1.14. The summed E-state index contributed by atoms with van der Waals surface area (Å²) >= 11 is 0. The molecule has 0 amide bonds. The first-order valence-electron chi connectivity index (χ1n) is 6.68. The van der Waals surface area contributed by atoms with Gasteiger partial charge in [-0.3, -0.25) is 4.79 Å². The number of carboxylic acid groups (broad SMARTS) is 1. The van der Waals surface area contributed by atoms with Crippen molar-refractivity contribution in [2.24, 2.45) is 0 Å². The van der Waals surface area contributed by atoms with Gasteiger partial charge in [0.2, 0.25) is 10.0 Å². The van der Waals surface area contributed by atoms with Crippen molar-refractivity contribution in [3.05, 3.63) is 29.8 Å². The summed E-state index contributed by atoms with van der Waals surface area (Å²) in [4.78, 5) is 11.2. The summed E-state index contributed by atoms with van der Waals surface area (Å²) in [5, 5.41) is 9.10. The van der Waals surface area contributed by atoms with E-state index in [0.717, 1.165) is 18.4 Å². The second-order valence-electron chi connectivity index (χ2n) is 4.82. The summed E-state index contributed by atoms with van der Waals surface area (Å²) in [6.45, 7) is 3.86. The number of rotatable bonds is 8. The molecule has 112 valence electrons. The Bertz CT molecular complexity index is 537. The average Bonchev–Trinajstić information content (AvgIpc) is 2.38. The van der Waals surface area contributed by atoms with Crippen LogP contribution in [0.4, 0.5) is 0 Å². The van der Waals surface area contributed by atoms with Crippen LogP contribution in [0.25, 0.3) is 0 Å². The van der Waals surface area contributed by atoms with Gasteiger partial charge in [0.15, 0.2) is 0 Å². The minimum Gasteiger partial charge on any atom is -0.480 e. The predicted molar refractivity (Wildman–Crippen MR) is 77.1 cm³/mol. The predicted octanol–water partition coefficient (Wildman–Crippen LogP) is 2.31. The van der Waals surface area contributed by atoms with Crippen molar-refractivity contribution in [2.45, 2.75) is 50.5 Å². The van der Waals surface area contributed by atoms with Crippen molar-refractivity contribution in [3.8, 4) is 0 Å². The van der Waals surface area contributed by atoms with Crippen LogP contribution in [0.2, 0.25) is 0 Å². The van der Waals surface area contributed by atoms with Crippen molar-refractivity contribution >= 4 is 16.0 Å². The average molecular weight is 299 g/mol. The number of unbranched alkanes of at least 4 members (excludes halogenated alkanes) is 2. The molecule has 0 aromatic heterocycles. The maximum absolute atomic E-state index is 12.1. The van der Waals surface area contributed by atoms with Gasteiger partial charge in [-0.1, -0.05) is 43.9 Å². The molecule has 0 aliphatic carbocycles. The third-order valence-electron chi connectivity index (χ3n) is 3.02. The number of hydrogen-bond acceptors (Lipinski definition) is 3. The van der Waals surface area contributed by atoms with Crippen LogP contribution in [0, 0.1) is 6.92 Å². The van der Waals surface area contributed by atoms with Crippen LogP contribution in [0.15, 0.2) is 29.2 Å². The van der Waals surface area contributed by atoms with Crippen LogP contribution in [0.3, 0.4) is 0 Å². The van der Waals surface area contributed by atoms with E-state index in [1.165, 1.54) is 12.1 Å². The maximum atomic E-state index is 12.1. The van der Waals surface area contributed by atoms with Gasteiger partial charge < -0.3 is 5.11 Å². The largest absolute Gasteiger partial charge is 0.480 e. The number of benzene rings is 1. The summed E-state index contributed by atoms with van der Waals surface area (Å²) in [7, 11) is -3.79. The lowest BCUT2D eigenvalue weighted by Crippen LogP contribution is -2.40. The monoisotopic (exact) mass is 299 g/mol. The zero-order valence-electron chi connectivity index (χ0n) is 11.8. The maximum Gasteiger partial charge on any atom is 0.321 e.